The van der Waals surface area contributed by atoms with Crippen molar-refractivity contribution < 1.29 is 9.13 Å². The molecule has 0 amide bonds. The van der Waals surface area contributed by atoms with E-state index in [9.17, 15) is 4.39 Å². The van der Waals surface area contributed by atoms with Crippen LogP contribution in [0, 0.1) is 19.7 Å². The van der Waals surface area contributed by atoms with Crippen LogP contribution in [0.2, 0.25) is 0 Å². The number of halogens is 1. The minimum Gasteiger partial charge on any atom is -0.497 e. The number of nitrogens with one attached hydrogen (secondary N) is 1. The quantitative estimate of drug-likeness (QED) is 0.373. The van der Waals surface area contributed by atoms with Gasteiger partial charge in [-0.25, -0.2) is 14.4 Å². The second-order valence-electron chi connectivity index (χ2n) is 7.96. The predicted molar refractivity (Wildman–Crippen MR) is 129 cm³/mol. The lowest BCUT2D eigenvalue weighted by atomic mass is 10.2. The number of ether oxygens (including phenoxy) is 1. The lowest BCUT2D eigenvalue weighted by Crippen LogP contribution is -2.19. The topological polar surface area (TPSA) is 50.3 Å². The second-order valence-corrected chi connectivity index (χ2v) is 9.16. The predicted octanol–water partition coefficient (Wildman–Crippen LogP) is 5.70. The summed E-state index contributed by atoms with van der Waals surface area (Å²) in [5.41, 5.74) is 3.38. The van der Waals surface area contributed by atoms with Crippen molar-refractivity contribution in [3.63, 3.8) is 0 Å². The van der Waals surface area contributed by atoms with Crippen molar-refractivity contribution in [1.82, 2.24) is 14.9 Å². The van der Waals surface area contributed by atoms with Gasteiger partial charge in [0.15, 0.2) is 0 Å². The van der Waals surface area contributed by atoms with E-state index in [1.165, 1.54) is 22.6 Å². The number of thiophene rings is 1. The molecule has 0 fully saturated rings. The molecule has 0 aliphatic heterocycles. The summed E-state index contributed by atoms with van der Waals surface area (Å²) in [6.07, 6.45) is 0. The number of aryl methyl sites for hydroxylation is 2. The van der Waals surface area contributed by atoms with Crippen molar-refractivity contribution in [2.45, 2.75) is 33.5 Å². The van der Waals surface area contributed by atoms with Crippen LogP contribution in [-0.4, -0.2) is 29.0 Å². The van der Waals surface area contributed by atoms with Gasteiger partial charge in [0.05, 0.1) is 19.0 Å². The molecule has 0 unspecified atom stereocenters. The number of hydrogen-bond acceptors (Lipinski definition) is 6. The van der Waals surface area contributed by atoms with E-state index in [2.05, 4.69) is 30.1 Å². The highest BCUT2D eigenvalue weighted by molar-refractivity contribution is 7.18. The molecule has 0 saturated carbocycles. The summed E-state index contributed by atoms with van der Waals surface area (Å²) < 4.78 is 18.5. The Labute approximate surface area is 191 Å². The Morgan fingerprint density at radius 1 is 1.03 bits per heavy atom. The van der Waals surface area contributed by atoms with Crippen LogP contribution in [0.1, 0.15) is 27.4 Å². The zero-order chi connectivity index (χ0) is 22.7. The van der Waals surface area contributed by atoms with Gasteiger partial charge in [0.25, 0.3) is 0 Å². The average Bonchev–Trinajstić information content (AvgIpc) is 3.07. The Kier molecular flexibility index (Phi) is 6.67. The Morgan fingerprint density at radius 2 is 1.81 bits per heavy atom. The molecule has 0 radical (unpaired) electrons. The Bertz CT molecular complexity index is 1220. The Morgan fingerprint density at radius 3 is 2.56 bits per heavy atom. The molecule has 0 aliphatic rings. The van der Waals surface area contributed by atoms with Gasteiger partial charge < -0.3 is 10.1 Å². The van der Waals surface area contributed by atoms with E-state index in [0.717, 1.165) is 38.7 Å². The number of methoxy groups -OCH3 is 1. The zero-order valence-corrected chi connectivity index (χ0v) is 19.6. The minimum absolute atomic E-state index is 0.222. The van der Waals surface area contributed by atoms with Gasteiger partial charge in [-0.1, -0.05) is 24.3 Å². The second kappa shape index (κ2) is 9.63. The third-order valence-corrected chi connectivity index (χ3v) is 6.55. The number of hydrogen-bond donors (Lipinski definition) is 1. The van der Waals surface area contributed by atoms with Crippen molar-refractivity contribution in [2.24, 2.45) is 0 Å². The molecule has 2 heterocycles. The number of rotatable bonds is 8. The molecular formula is C25H27FN4OS. The molecule has 7 heteroatoms. The van der Waals surface area contributed by atoms with Crippen LogP contribution in [0.25, 0.3) is 10.2 Å². The monoisotopic (exact) mass is 450 g/mol. The van der Waals surface area contributed by atoms with E-state index in [4.69, 9.17) is 14.7 Å². The van der Waals surface area contributed by atoms with Crippen LogP contribution in [0.5, 0.6) is 5.75 Å². The van der Waals surface area contributed by atoms with Crippen LogP contribution in [0.4, 0.5) is 10.2 Å². The summed E-state index contributed by atoms with van der Waals surface area (Å²) in [4.78, 5) is 14.1. The van der Waals surface area contributed by atoms with E-state index in [1.807, 2.05) is 37.4 Å². The van der Waals surface area contributed by atoms with Crippen molar-refractivity contribution >= 4 is 27.4 Å². The fraction of sp³-hybridized carbons (Fsp3) is 0.280. The van der Waals surface area contributed by atoms with Crippen LogP contribution in [0.3, 0.4) is 0 Å². The number of fused-ring (bicyclic) bond motifs is 1. The molecule has 4 aromatic rings. The van der Waals surface area contributed by atoms with Crippen LogP contribution in [-0.2, 0) is 19.6 Å². The summed E-state index contributed by atoms with van der Waals surface area (Å²) in [5, 5.41) is 4.60. The third-order valence-electron chi connectivity index (χ3n) is 5.45. The largest absolute Gasteiger partial charge is 0.497 e. The molecule has 0 atom stereocenters. The maximum Gasteiger partial charge on any atom is 0.146 e. The Hall–Kier alpha value is -3.03. The van der Waals surface area contributed by atoms with Crippen LogP contribution in [0.15, 0.2) is 48.5 Å². The summed E-state index contributed by atoms with van der Waals surface area (Å²) in [6, 6.07) is 14.6. The molecular weight excluding hydrogens is 423 g/mol. The van der Waals surface area contributed by atoms with Gasteiger partial charge in [0.2, 0.25) is 0 Å². The first-order valence-electron chi connectivity index (χ1n) is 10.5. The average molecular weight is 451 g/mol. The summed E-state index contributed by atoms with van der Waals surface area (Å²) in [7, 11) is 3.69. The van der Waals surface area contributed by atoms with Gasteiger partial charge in [0.1, 0.15) is 28.0 Å². The normalized spacial score (nSPS) is 11.3. The molecule has 1 N–H and O–H groups in total. The molecule has 32 heavy (non-hydrogen) atoms. The molecule has 2 aromatic heterocycles. The zero-order valence-electron chi connectivity index (χ0n) is 18.8. The maximum absolute atomic E-state index is 13.2. The van der Waals surface area contributed by atoms with Gasteiger partial charge in [-0.3, -0.25) is 4.90 Å². The van der Waals surface area contributed by atoms with E-state index in [1.54, 1.807) is 18.4 Å². The number of nitrogens with zero attached hydrogens (tertiary/aromatic N) is 3. The van der Waals surface area contributed by atoms with Gasteiger partial charge in [-0.05, 0) is 61.9 Å². The van der Waals surface area contributed by atoms with E-state index >= 15 is 0 Å². The molecule has 0 spiro atoms. The Balaban J connectivity index is 1.57. The molecule has 2 aromatic carbocycles. The highest BCUT2D eigenvalue weighted by Crippen LogP contribution is 2.33. The van der Waals surface area contributed by atoms with Crippen molar-refractivity contribution in [1.29, 1.82) is 0 Å². The molecule has 5 nitrogen and oxygen atoms in total. The van der Waals surface area contributed by atoms with Crippen LogP contribution < -0.4 is 10.1 Å². The van der Waals surface area contributed by atoms with Gasteiger partial charge in [0, 0.05) is 18.0 Å². The minimum atomic E-state index is -0.222. The van der Waals surface area contributed by atoms with Gasteiger partial charge in [-0.2, -0.15) is 0 Å². The van der Waals surface area contributed by atoms with Crippen molar-refractivity contribution in [2.75, 3.05) is 19.5 Å². The first kappa shape index (κ1) is 22.2. The van der Waals surface area contributed by atoms with Crippen molar-refractivity contribution in [3.05, 3.63) is 81.7 Å². The van der Waals surface area contributed by atoms with Gasteiger partial charge >= 0.3 is 0 Å². The van der Waals surface area contributed by atoms with Crippen molar-refractivity contribution in [3.8, 4) is 5.75 Å². The first-order valence-corrected chi connectivity index (χ1v) is 11.3. The number of aromatic nitrogens is 2. The first-order chi connectivity index (χ1) is 15.4. The summed E-state index contributed by atoms with van der Waals surface area (Å²) in [5.74, 6) is 2.23. The fourth-order valence-electron chi connectivity index (χ4n) is 3.66. The molecule has 0 aliphatic carbocycles. The SMILES string of the molecule is COc1cccc(CNc2nc(CN(C)Cc3ccc(F)cc3)nc3sc(C)c(C)c23)c1. The molecule has 166 valence electrons. The summed E-state index contributed by atoms with van der Waals surface area (Å²) in [6.45, 7) is 6.17. The number of anilines is 1. The molecule has 4 rings (SSSR count). The summed E-state index contributed by atoms with van der Waals surface area (Å²) >= 11 is 1.70. The molecule has 0 bridgehead atoms. The lowest BCUT2D eigenvalue weighted by molar-refractivity contribution is 0.311. The number of benzene rings is 2. The third kappa shape index (κ3) is 5.06. The highest BCUT2D eigenvalue weighted by atomic mass is 32.1. The standard InChI is InChI=1S/C25H27FN4OS/c1-16-17(2)32-25-23(16)24(27-13-19-6-5-7-21(12-19)31-4)28-22(29-25)15-30(3)14-18-8-10-20(26)11-9-18/h5-12H,13-15H2,1-4H3,(H,27,28,29). The molecule has 0 saturated heterocycles. The highest BCUT2D eigenvalue weighted by Gasteiger charge is 2.16. The van der Waals surface area contributed by atoms with E-state index in [0.29, 0.717) is 19.6 Å². The van der Waals surface area contributed by atoms with Crippen LogP contribution >= 0.6 is 11.3 Å². The van der Waals surface area contributed by atoms with E-state index < -0.39 is 0 Å². The maximum atomic E-state index is 13.2. The lowest BCUT2D eigenvalue weighted by Gasteiger charge is -2.17. The van der Waals surface area contributed by atoms with Gasteiger partial charge in [-0.15, -0.1) is 11.3 Å². The smallest absolute Gasteiger partial charge is 0.146 e. The van der Waals surface area contributed by atoms with E-state index in [-0.39, 0.29) is 5.82 Å². The fourth-order valence-corrected chi connectivity index (χ4v) is 4.71.